The fourth-order valence-corrected chi connectivity index (χ4v) is 2.94. The average molecular weight is 333 g/mol. The number of halogens is 1. The first-order chi connectivity index (χ1) is 9.65. The number of nitrogens with one attached hydrogen (secondary N) is 1. The molecule has 106 valence electrons. The van der Waals surface area contributed by atoms with E-state index >= 15 is 0 Å². The van der Waals surface area contributed by atoms with E-state index in [1.165, 1.54) is 22.3 Å². The smallest absolute Gasteiger partial charge is 0.0721 e. The minimum absolute atomic E-state index is 0.00100. The molecule has 0 bridgehead atoms. The van der Waals surface area contributed by atoms with Crippen LogP contribution < -0.4 is 11.3 Å². The quantitative estimate of drug-likeness (QED) is 0.634. The number of aryl methyl sites for hydroxylation is 2. The van der Waals surface area contributed by atoms with Crippen molar-refractivity contribution in [3.63, 3.8) is 0 Å². The fraction of sp³-hybridized carbons (Fsp3) is 0.294. The Labute approximate surface area is 129 Å². The van der Waals surface area contributed by atoms with Crippen molar-refractivity contribution in [2.75, 3.05) is 0 Å². The Morgan fingerprint density at radius 2 is 2.00 bits per heavy atom. The summed E-state index contributed by atoms with van der Waals surface area (Å²) < 4.78 is 1.08. The highest BCUT2D eigenvalue weighted by atomic mass is 79.9. The largest absolute Gasteiger partial charge is 0.271 e. The summed E-state index contributed by atoms with van der Waals surface area (Å²) in [4.78, 5) is 0. The van der Waals surface area contributed by atoms with Crippen LogP contribution in [0, 0.1) is 6.92 Å². The zero-order valence-electron chi connectivity index (χ0n) is 12.0. The lowest BCUT2D eigenvalue weighted by Crippen LogP contribution is -2.29. The molecule has 0 aromatic heterocycles. The van der Waals surface area contributed by atoms with Gasteiger partial charge in [-0.2, -0.15) is 0 Å². The van der Waals surface area contributed by atoms with E-state index in [1.807, 2.05) is 0 Å². The molecule has 1 atom stereocenters. The van der Waals surface area contributed by atoms with Crippen LogP contribution >= 0.6 is 15.9 Å². The predicted molar refractivity (Wildman–Crippen MR) is 88.5 cm³/mol. The summed E-state index contributed by atoms with van der Waals surface area (Å²) in [5, 5.41) is 0. The molecule has 0 fully saturated rings. The Morgan fingerprint density at radius 3 is 2.70 bits per heavy atom. The second kappa shape index (κ2) is 7.02. The fourth-order valence-electron chi connectivity index (χ4n) is 2.47. The highest BCUT2D eigenvalue weighted by molar-refractivity contribution is 9.10. The summed E-state index contributed by atoms with van der Waals surface area (Å²) >= 11 is 3.62. The van der Waals surface area contributed by atoms with Gasteiger partial charge in [0.2, 0.25) is 0 Å². The first-order valence-corrected chi connectivity index (χ1v) is 7.76. The second-order valence-electron chi connectivity index (χ2n) is 5.12. The van der Waals surface area contributed by atoms with E-state index in [-0.39, 0.29) is 6.04 Å². The van der Waals surface area contributed by atoms with Crippen LogP contribution in [-0.4, -0.2) is 0 Å². The molecule has 0 amide bonds. The third kappa shape index (κ3) is 3.48. The molecule has 20 heavy (non-hydrogen) atoms. The molecule has 3 N–H and O–H groups in total. The van der Waals surface area contributed by atoms with E-state index in [9.17, 15) is 0 Å². The van der Waals surface area contributed by atoms with E-state index in [4.69, 9.17) is 5.84 Å². The molecule has 3 heteroatoms. The van der Waals surface area contributed by atoms with Gasteiger partial charge in [-0.1, -0.05) is 71.2 Å². The average Bonchev–Trinajstić information content (AvgIpc) is 2.44. The van der Waals surface area contributed by atoms with Gasteiger partial charge in [-0.15, -0.1) is 0 Å². The number of hydrogen-bond donors (Lipinski definition) is 2. The van der Waals surface area contributed by atoms with Crippen LogP contribution in [0.2, 0.25) is 0 Å². The third-order valence-corrected chi connectivity index (χ3v) is 4.17. The van der Waals surface area contributed by atoms with Gasteiger partial charge in [-0.05, 0) is 36.1 Å². The van der Waals surface area contributed by atoms with Crippen molar-refractivity contribution >= 4 is 15.9 Å². The lowest BCUT2D eigenvalue weighted by Gasteiger charge is -2.19. The molecule has 0 heterocycles. The number of hydrogen-bond acceptors (Lipinski definition) is 2. The van der Waals surface area contributed by atoms with Crippen molar-refractivity contribution in [2.24, 2.45) is 5.84 Å². The molecule has 2 aromatic carbocycles. The summed E-state index contributed by atoms with van der Waals surface area (Å²) in [7, 11) is 0. The standard InChI is InChI=1S/C17H21BrN2/c1-3-5-13-6-4-7-14(11-13)17(20-19)15-10-12(2)8-9-16(15)18/h4,6-11,17,20H,3,5,19H2,1-2H3. The van der Waals surface area contributed by atoms with Gasteiger partial charge in [-0.25, -0.2) is 5.43 Å². The van der Waals surface area contributed by atoms with E-state index in [1.54, 1.807) is 0 Å². The Kier molecular flexibility index (Phi) is 5.35. The SMILES string of the molecule is CCCc1cccc(C(NN)c2cc(C)ccc2Br)c1. The molecule has 0 saturated heterocycles. The molecule has 0 radical (unpaired) electrons. The van der Waals surface area contributed by atoms with Gasteiger partial charge in [0.25, 0.3) is 0 Å². The monoisotopic (exact) mass is 332 g/mol. The highest BCUT2D eigenvalue weighted by Crippen LogP contribution is 2.29. The second-order valence-corrected chi connectivity index (χ2v) is 5.97. The van der Waals surface area contributed by atoms with Crippen molar-refractivity contribution < 1.29 is 0 Å². The Bertz CT molecular complexity index is 581. The summed E-state index contributed by atoms with van der Waals surface area (Å²) in [6, 6.07) is 15.0. The summed E-state index contributed by atoms with van der Waals surface area (Å²) in [6.07, 6.45) is 2.25. The van der Waals surface area contributed by atoms with E-state index < -0.39 is 0 Å². The minimum Gasteiger partial charge on any atom is -0.271 e. The van der Waals surface area contributed by atoms with E-state index in [0.717, 1.165) is 17.3 Å². The Balaban J connectivity index is 2.41. The molecule has 0 saturated carbocycles. The maximum absolute atomic E-state index is 5.81. The van der Waals surface area contributed by atoms with Crippen molar-refractivity contribution in [1.82, 2.24) is 5.43 Å². The number of nitrogens with two attached hydrogens (primary N) is 1. The molecule has 2 nitrogen and oxygen atoms in total. The van der Waals surface area contributed by atoms with Crippen LogP contribution in [0.15, 0.2) is 46.9 Å². The highest BCUT2D eigenvalue weighted by Gasteiger charge is 2.15. The van der Waals surface area contributed by atoms with Gasteiger partial charge < -0.3 is 0 Å². The first kappa shape index (κ1) is 15.2. The first-order valence-electron chi connectivity index (χ1n) is 6.96. The topological polar surface area (TPSA) is 38.0 Å². The molecule has 0 spiro atoms. The zero-order valence-corrected chi connectivity index (χ0v) is 13.6. The molecule has 2 rings (SSSR count). The van der Waals surface area contributed by atoms with Crippen LogP contribution in [0.3, 0.4) is 0 Å². The van der Waals surface area contributed by atoms with Crippen LogP contribution in [0.25, 0.3) is 0 Å². The van der Waals surface area contributed by atoms with Crippen molar-refractivity contribution in [1.29, 1.82) is 0 Å². The minimum atomic E-state index is 0.00100. The summed E-state index contributed by atoms with van der Waals surface area (Å²) in [6.45, 7) is 4.29. The maximum atomic E-state index is 5.81. The van der Waals surface area contributed by atoms with Gasteiger partial charge in [0.15, 0.2) is 0 Å². The number of rotatable bonds is 5. The summed E-state index contributed by atoms with van der Waals surface area (Å²) in [5.74, 6) is 5.81. The molecule has 2 aromatic rings. The Morgan fingerprint density at radius 1 is 1.20 bits per heavy atom. The normalized spacial score (nSPS) is 12.4. The molecular formula is C17H21BrN2. The van der Waals surface area contributed by atoms with Crippen molar-refractivity contribution in [2.45, 2.75) is 32.7 Å². The van der Waals surface area contributed by atoms with Crippen LogP contribution in [0.5, 0.6) is 0 Å². The van der Waals surface area contributed by atoms with Crippen LogP contribution in [-0.2, 0) is 6.42 Å². The van der Waals surface area contributed by atoms with Gasteiger partial charge in [0, 0.05) is 4.47 Å². The summed E-state index contributed by atoms with van der Waals surface area (Å²) in [5.41, 5.74) is 7.89. The Hall–Kier alpha value is -1.16. The van der Waals surface area contributed by atoms with Gasteiger partial charge in [0.05, 0.1) is 6.04 Å². The number of benzene rings is 2. The zero-order chi connectivity index (χ0) is 14.5. The van der Waals surface area contributed by atoms with Crippen LogP contribution in [0.1, 0.15) is 41.6 Å². The van der Waals surface area contributed by atoms with Crippen LogP contribution in [0.4, 0.5) is 0 Å². The molecule has 1 unspecified atom stereocenters. The molecule has 0 aliphatic heterocycles. The lowest BCUT2D eigenvalue weighted by atomic mass is 9.95. The van der Waals surface area contributed by atoms with Gasteiger partial charge >= 0.3 is 0 Å². The van der Waals surface area contributed by atoms with Crippen molar-refractivity contribution in [3.8, 4) is 0 Å². The third-order valence-electron chi connectivity index (χ3n) is 3.45. The van der Waals surface area contributed by atoms with Crippen molar-refractivity contribution in [3.05, 3.63) is 69.2 Å². The molecule has 0 aliphatic rings. The molecular weight excluding hydrogens is 312 g/mol. The van der Waals surface area contributed by atoms with Gasteiger partial charge in [0.1, 0.15) is 0 Å². The van der Waals surface area contributed by atoms with E-state index in [0.29, 0.717) is 0 Å². The maximum Gasteiger partial charge on any atom is 0.0721 e. The predicted octanol–water partition coefficient (Wildman–Crippen LogP) is 4.26. The lowest BCUT2D eigenvalue weighted by molar-refractivity contribution is 0.633. The number of hydrazine groups is 1. The molecule has 0 aliphatic carbocycles. The van der Waals surface area contributed by atoms with E-state index in [2.05, 4.69) is 77.7 Å². The van der Waals surface area contributed by atoms with Gasteiger partial charge in [-0.3, -0.25) is 5.84 Å².